The van der Waals surface area contributed by atoms with Gasteiger partial charge in [0.2, 0.25) is 5.82 Å². The molecule has 1 N–H and O–H groups in total. The zero-order chi connectivity index (χ0) is 19.2. The second-order valence-electron chi connectivity index (χ2n) is 8.32. The van der Waals surface area contributed by atoms with Gasteiger partial charge in [-0.15, -0.1) is 0 Å². The maximum absolute atomic E-state index is 14.5. The molecule has 4 rings (SSSR count). The Kier molecular flexibility index (Phi) is 4.93. The zero-order valence-electron chi connectivity index (χ0n) is 15.4. The lowest BCUT2D eigenvalue weighted by atomic mass is 9.95. The minimum Gasteiger partial charge on any atom is -0.461 e. The Morgan fingerprint density at radius 2 is 2.07 bits per heavy atom. The van der Waals surface area contributed by atoms with Crippen LogP contribution in [-0.4, -0.2) is 70.1 Å². The minimum absolute atomic E-state index is 0.00912. The number of piperidine rings is 1. The highest BCUT2D eigenvalue weighted by atomic mass is 35.5. The van der Waals surface area contributed by atoms with Gasteiger partial charge in [0.15, 0.2) is 11.0 Å². The number of ether oxygens (including phenoxy) is 1. The molecule has 0 bridgehead atoms. The van der Waals surface area contributed by atoms with Crippen LogP contribution in [0.4, 0.5) is 14.6 Å². The lowest BCUT2D eigenvalue weighted by molar-refractivity contribution is 0.0444. The van der Waals surface area contributed by atoms with Crippen molar-refractivity contribution >= 4 is 17.4 Å². The van der Waals surface area contributed by atoms with Crippen molar-refractivity contribution in [1.82, 2.24) is 14.9 Å². The van der Waals surface area contributed by atoms with Crippen molar-refractivity contribution in [2.75, 3.05) is 37.7 Å². The molecule has 3 saturated heterocycles. The summed E-state index contributed by atoms with van der Waals surface area (Å²) in [5.41, 5.74) is -1.25. The molecule has 4 heterocycles. The molecule has 3 aliphatic rings. The van der Waals surface area contributed by atoms with Crippen LogP contribution in [0.3, 0.4) is 0 Å². The van der Waals surface area contributed by atoms with E-state index in [0.29, 0.717) is 25.9 Å². The molecular formula is C18H25ClF2N4O2. The van der Waals surface area contributed by atoms with Crippen molar-refractivity contribution in [1.29, 1.82) is 0 Å². The Morgan fingerprint density at radius 1 is 1.30 bits per heavy atom. The SMILES string of the molecule is C[C@@]1(O)CCCN(c2nc(OC[C@@]34CCCN3C[C@H](F)C4)nc(Cl)c2F)C1. The minimum atomic E-state index is -0.910. The molecule has 0 aliphatic carbocycles. The second-order valence-corrected chi connectivity index (χ2v) is 8.68. The van der Waals surface area contributed by atoms with Gasteiger partial charge in [-0.1, -0.05) is 11.6 Å². The summed E-state index contributed by atoms with van der Waals surface area (Å²) in [6.07, 6.45) is 2.83. The van der Waals surface area contributed by atoms with Crippen LogP contribution >= 0.6 is 11.6 Å². The number of rotatable bonds is 4. The average Bonchev–Trinajstić information content (AvgIpc) is 3.10. The van der Waals surface area contributed by atoms with Crippen LogP contribution in [0.15, 0.2) is 0 Å². The third-order valence-electron chi connectivity index (χ3n) is 5.98. The molecule has 3 fully saturated rings. The molecule has 0 spiro atoms. The predicted octanol–water partition coefficient (Wildman–Crippen LogP) is 2.58. The first-order chi connectivity index (χ1) is 12.8. The molecule has 0 radical (unpaired) electrons. The van der Waals surface area contributed by atoms with Crippen LogP contribution in [0.25, 0.3) is 0 Å². The Bertz CT molecular complexity index is 723. The van der Waals surface area contributed by atoms with Crippen LogP contribution in [0.5, 0.6) is 6.01 Å². The van der Waals surface area contributed by atoms with E-state index in [-0.39, 0.29) is 35.7 Å². The van der Waals surface area contributed by atoms with Crippen molar-refractivity contribution in [3.63, 3.8) is 0 Å². The van der Waals surface area contributed by atoms with Crippen molar-refractivity contribution in [2.24, 2.45) is 0 Å². The molecule has 1 aromatic rings. The monoisotopic (exact) mass is 402 g/mol. The smallest absolute Gasteiger partial charge is 0.320 e. The van der Waals surface area contributed by atoms with E-state index in [9.17, 15) is 13.9 Å². The van der Waals surface area contributed by atoms with Gasteiger partial charge in [0, 0.05) is 26.1 Å². The van der Waals surface area contributed by atoms with Crippen LogP contribution in [-0.2, 0) is 0 Å². The van der Waals surface area contributed by atoms with Gasteiger partial charge in [-0.3, -0.25) is 4.90 Å². The second kappa shape index (κ2) is 6.97. The summed E-state index contributed by atoms with van der Waals surface area (Å²) in [5.74, 6) is -0.674. The van der Waals surface area contributed by atoms with Gasteiger partial charge in [0.25, 0.3) is 0 Å². The fraction of sp³-hybridized carbons (Fsp3) is 0.778. The molecule has 6 nitrogen and oxygen atoms in total. The number of fused-ring (bicyclic) bond motifs is 1. The van der Waals surface area contributed by atoms with Gasteiger partial charge in [0.1, 0.15) is 12.8 Å². The molecule has 1 aromatic heterocycles. The molecule has 9 heteroatoms. The summed E-state index contributed by atoms with van der Waals surface area (Å²) in [4.78, 5) is 11.9. The number of aromatic nitrogens is 2. The van der Waals surface area contributed by atoms with Crippen molar-refractivity contribution < 1.29 is 18.6 Å². The summed E-state index contributed by atoms with van der Waals surface area (Å²) in [5, 5.41) is 9.99. The Hall–Kier alpha value is -1.25. The molecule has 3 atom stereocenters. The third-order valence-corrected chi connectivity index (χ3v) is 6.23. The molecule has 0 amide bonds. The van der Waals surface area contributed by atoms with E-state index in [0.717, 1.165) is 25.8 Å². The van der Waals surface area contributed by atoms with Crippen molar-refractivity contribution in [3.05, 3.63) is 11.0 Å². The van der Waals surface area contributed by atoms with E-state index < -0.39 is 17.6 Å². The van der Waals surface area contributed by atoms with E-state index >= 15 is 0 Å². The highest BCUT2D eigenvalue weighted by Gasteiger charge is 2.49. The topological polar surface area (TPSA) is 61.7 Å². The quantitative estimate of drug-likeness (QED) is 0.781. The summed E-state index contributed by atoms with van der Waals surface area (Å²) >= 11 is 5.97. The highest BCUT2D eigenvalue weighted by Crippen LogP contribution is 2.40. The number of alkyl halides is 1. The molecular weight excluding hydrogens is 378 g/mol. The van der Waals surface area contributed by atoms with Gasteiger partial charge in [-0.05, 0) is 39.2 Å². The summed E-state index contributed by atoms with van der Waals surface area (Å²) in [6, 6.07) is -0.00912. The number of anilines is 1. The number of hydrogen-bond acceptors (Lipinski definition) is 6. The van der Waals surface area contributed by atoms with Gasteiger partial charge >= 0.3 is 6.01 Å². The summed E-state index contributed by atoms with van der Waals surface area (Å²) in [7, 11) is 0. The number of aliphatic hydroxyl groups is 1. The van der Waals surface area contributed by atoms with E-state index in [1.54, 1.807) is 11.8 Å². The van der Waals surface area contributed by atoms with Crippen molar-refractivity contribution in [3.8, 4) is 6.01 Å². The molecule has 3 aliphatic heterocycles. The van der Waals surface area contributed by atoms with E-state index in [2.05, 4.69) is 14.9 Å². The van der Waals surface area contributed by atoms with E-state index in [1.165, 1.54) is 0 Å². The Morgan fingerprint density at radius 3 is 2.85 bits per heavy atom. The van der Waals surface area contributed by atoms with E-state index in [1.807, 2.05) is 0 Å². The summed E-state index contributed by atoms with van der Waals surface area (Å²) < 4.78 is 34.2. The number of hydrogen-bond donors (Lipinski definition) is 1. The predicted molar refractivity (Wildman–Crippen MR) is 97.6 cm³/mol. The van der Waals surface area contributed by atoms with Crippen LogP contribution < -0.4 is 9.64 Å². The number of halogens is 3. The van der Waals surface area contributed by atoms with Crippen LogP contribution in [0, 0.1) is 5.82 Å². The first-order valence-corrected chi connectivity index (χ1v) is 9.88. The number of β-amino-alcohol motifs (C(OH)–C–C–N with tert-alkyl or cyclic N) is 1. The van der Waals surface area contributed by atoms with Gasteiger partial charge < -0.3 is 14.7 Å². The molecule has 0 saturated carbocycles. The normalized spacial score (nSPS) is 34.1. The summed E-state index contributed by atoms with van der Waals surface area (Å²) in [6.45, 7) is 4.11. The lowest BCUT2D eigenvalue weighted by Crippen LogP contribution is -2.47. The fourth-order valence-electron chi connectivity index (χ4n) is 4.71. The molecule has 0 unspecified atom stereocenters. The standard InChI is InChI=1S/C18H25ClF2N4O2/c1-17(26)4-2-6-24(10-17)15-13(21)14(19)22-16(23-15)27-11-18-5-3-7-25(18)9-12(20)8-18/h12,26H,2-11H2,1H3/t12-,17-,18+/m1/s1. The molecule has 0 aromatic carbocycles. The van der Waals surface area contributed by atoms with Gasteiger partial charge in [0.05, 0.1) is 11.1 Å². The first-order valence-electron chi connectivity index (χ1n) is 9.50. The average molecular weight is 403 g/mol. The van der Waals surface area contributed by atoms with Crippen LogP contribution in [0.1, 0.15) is 39.0 Å². The van der Waals surface area contributed by atoms with E-state index in [4.69, 9.17) is 16.3 Å². The van der Waals surface area contributed by atoms with Crippen LogP contribution in [0.2, 0.25) is 5.15 Å². The maximum Gasteiger partial charge on any atom is 0.320 e. The van der Waals surface area contributed by atoms with Crippen molar-refractivity contribution in [2.45, 2.75) is 56.3 Å². The fourth-order valence-corrected chi connectivity index (χ4v) is 4.87. The van der Waals surface area contributed by atoms with Gasteiger partial charge in [-0.25, -0.2) is 4.39 Å². The first kappa shape index (κ1) is 19.1. The number of nitrogens with zero attached hydrogens (tertiary/aromatic N) is 4. The highest BCUT2D eigenvalue weighted by molar-refractivity contribution is 6.29. The Labute approximate surface area is 162 Å². The molecule has 27 heavy (non-hydrogen) atoms. The Balaban J connectivity index is 1.53. The maximum atomic E-state index is 14.5. The van der Waals surface area contributed by atoms with Gasteiger partial charge in [-0.2, -0.15) is 14.4 Å². The lowest BCUT2D eigenvalue weighted by Gasteiger charge is -2.37. The molecule has 150 valence electrons. The third kappa shape index (κ3) is 3.71. The largest absolute Gasteiger partial charge is 0.461 e. The zero-order valence-corrected chi connectivity index (χ0v) is 16.2.